The van der Waals surface area contributed by atoms with Crippen molar-refractivity contribution in [2.45, 2.75) is 13.0 Å². The zero-order chi connectivity index (χ0) is 18.1. The van der Waals surface area contributed by atoms with Gasteiger partial charge in [-0.3, -0.25) is 9.59 Å². The molecule has 2 rings (SSSR count). The minimum Gasteiger partial charge on any atom is -0.370 e. The first kappa shape index (κ1) is 18.0. The van der Waals surface area contributed by atoms with E-state index in [-0.39, 0.29) is 18.9 Å². The van der Waals surface area contributed by atoms with Crippen LogP contribution in [0.2, 0.25) is 0 Å². The van der Waals surface area contributed by atoms with E-state index in [1.165, 1.54) is 6.08 Å². The highest BCUT2D eigenvalue weighted by Crippen LogP contribution is 2.09. The van der Waals surface area contributed by atoms with Crippen molar-refractivity contribution in [1.29, 1.82) is 5.26 Å². The van der Waals surface area contributed by atoms with Crippen molar-refractivity contribution >= 4 is 17.9 Å². The van der Waals surface area contributed by atoms with Crippen LogP contribution in [0.5, 0.6) is 0 Å². The Hall–Kier alpha value is -3.39. The second-order valence-corrected chi connectivity index (χ2v) is 5.53. The van der Waals surface area contributed by atoms with Gasteiger partial charge in [-0.2, -0.15) is 5.26 Å². The van der Waals surface area contributed by atoms with Crippen LogP contribution in [-0.4, -0.2) is 23.3 Å². The maximum Gasteiger partial charge on any atom is 0.246 e. The molecule has 0 saturated heterocycles. The van der Waals surface area contributed by atoms with E-state index in [4.69, 9.17) is 11.0 Å². The Morgan fingerprint density at radius 3 is 2.56 bits per heavy atom. The summed E-state index contributed by atoms with van der Waals surface area (Å²) < 4.78 is 0. The van der Waals surface area contributed by atoms with Crippen LogP contribution >= 0.6 is 0 Å². The van der Waals surface area contributed by atoms with Gasteiger partial charge in [0.15, 0.2) is 0 Å². The summed E-state index contributed by atoms with van der Waals surface area (Å²) in [6, 6.07) is 18.6. The maximum absolute atomic E-state index is 12.5. The van der Waals surface area contributed by atoms with Gasteiger partial charge in [0.25, 0.3) is 0 Å². The highest BCUT2D eigenvalue weighted by molar-refractivity contribution is 5.92. The summed E-state index contributed by atoms with van der Waals surface area (Å²) >= 11 is 0. The number of primary amides is 1. The van der Waals surface area contributed by atoms with Crippen LogP contribution in [0.15, 0.2) is 60.7 Å². The van der Waals surface area contributed by atoms with Crippen molar-refractivity contribution in [2.75, 3.05) is 6.54 Å². The molecule has 0 aromatic heterocycles. The summed E-state index contributed by atoms with van der Waals surface area (Å²) in [6.07, 6.45) is 3.21. The SMILES string of the molecule is N#Cc1cccc(C=CC(=O)N(CCC(N)=O)Cc2ccccc2)c1. The highest BCUT2D eigenvalue weighted by atomic mass is 16.2. The van der Waals surface area contributed by atoms with E-state index in [2.05, 4.69) is 6.07 Å². The third kappa shape index (κ3) is 5.96. The van der Waals surface area contributed by atoms with Crippen LogP contribution in [0.3, 0.4) is 0 Å². The van der Waals surface area contributed by atoms with E-state index in [1.807, 2.05) is 36.4 Å². The lowest BCUT2D eigenvalue weighted by Gasteiger charge is -2.20. The summed E-state index contributed by atoms with van der Waals surface area (Å²) in [5.74, 6) is -0.663. The van der Waals surface area contributed by atoms with E-state index >= 15 is 0 Å². The minimum absolute atomic E-state index is 0.107. The van der Waals surface area contributed by atoms with E-state index in [1.54, 1.807) is 29.2 Å². The molecule has 0 unspecified atom stereocenters. The average molecular weight is 333 g/mol. The zero-order valence-electron chi connectivity index (χ0n) is 13.8. The van der Waals surface area contributed by atoms with E-state index in [9.17, 15) is 9.59 Å². The zero-order valence-corrected chi connectivity index (χ0v) is 13.8. The average Bonchev–Trinajstić information content (AvgIpc) is 2.64. The van der Waals surface area contributed by atoms with Crippen LogP contribution in [0.25, 0.3) is 6.08 Å². The fourth-order valence-corrected chi connectivity index (χ4v) is 2.30. The molecule has 0 radical (unpaired) electrons. The Balaban J connectivity index is 2.11. The van der Waals surface area contributed by atoms with Crippen LogP contribution in [-0.2, 0) is 16.1 Å². The summed E-state index contributed by atoms with van der Waals surface area (Å²) in [5.41, 5.74) is 7.48. The number of hydrogen-bond donors (Lipinski definition) is 1. The lowest BCUT2D eigenvalue weighted by Crippen LogP contribution is -2.32. The standard InChI is InChI=1S/C20H19N3O2/c21-14-18-8-4-7-16(13-18)9-10-20(25)23(12-11-19(22)24)15-17-5-2-1-3-6-17/h1-10,13H,11-12,15H2,(H2,22,24). The number of nitriles is 1. The Kier molecular flexibility index (Phi) is 6.49. The molecule has 0 fully saturated rings. The molecule has 0 spiro atoms. The smallest absolute Gasteiger partial charge is 0.246 e. The van der Waals surface area contributed by atoms with Gasteiger partial charge >= 0.3 is 0 Å². The van der Waals surface area contributed by atoms with Gasteiger partial charge in [-0.15, -0.1) is 0 Å². The van der Waals surface area contributed by atoms with Gasteiger partial charge in [0.05, 0.1) is 11.6 Å². The molecule has 0 aliphatic rings. The molecule has 5 heteroatoms. The van der Waals surface area contributed by atoms with Gasteiger partial charge in [-0.05, 0) is 29.3 Å². The Morgan fingerprint density at radius 1 is 1.12 bits per heavy atom. The van der Waals surface area contributed by atoms with E-state index in [0.717, 1.165) is 11.1 Å². The van der Waals surface area contributed by atoms with Gasteiger partial charge in [-0.25, -0.2) is 0 Å². The van der Waals surface area contributed by atoms with Crippen LogP contribution in [0.4, 0.5) is 0 Å². The van der Waals surface area contributed by atoms with Crippen molar-refractivity contribution in [1.82, 2.24) is 4.90 Å². The first-order valence-corrected chi connectivity index (χ1v) is 7.88. The molecule has 2 aromatic carbocycles. The largest absolute Gasteiger partial charge is 0.370 e. The quantitative estimate of drug-likeness (QED) is 0.790. The molecule has 0 aliphatic heterocycles. The number of carbonyl (C=O) groups excluding carboxylic acids is 2. The molecule has 0 heterocycles. The molecule has 0 bridgehead atoms. The molecule has 0 aliphatic carbocycles. The molecule has 0 saturated carbocycles. The number of carbonyl (C=O) groups is 2. The topological polar surface area (TPSA) is 87.2 Å². The van der Waals surface area contributed by atoms with Crippen molar-refractivity contribution in [3.05, 3.63) is 77.4 Å². The first-order valence-electron chi connectivity index (χ1n) is 7.88. The highest BCUT2D eigenvalue weighted by Gasteiger charge is 2.12. The number of amides is 2. The van der Waals surface area contributed by atoms with Gasteiger partial charge in [0, 0.05) is 25.6 Å². The molecule has 5 nitrogen and oxygen atoms in total. The fraction of sp³-hybridized carbons (Fsp3) is 0.150. The van der Waals surface area contributed by atoms with Crippen LogP contribution in [0.1, 0.15) is 23.1 Å². The lowest BCUT2D eigenvalue weighted by atomic mass is 10.1. The van der Waals surface area contributed by atoms with Crippen molar-refractivity contribution < 1.29 is 9.59 Å². The molecule has 126 valence electrons. The van der Waals surface area contributed by atoms with Gasteiger partial charge in [-0.1, -0.05) is 42.5 Å². The minimum atomic E-state index is -0.448. The molecular weight excluding hydrogens is 314 g/mol. The van der Waals surface area contributed by atoms with E-state index in [0.29, 0.717) is 12.1 Å². The Labute approximate surface area is 147 Å². The van der Waals surface area contributed by atoms with Crippen molar-refractivity contribution in [2.24, 2.45) is 5.73 Å². The molecule has 2 aromatic rings. The molecule has 2 amide bonds. The number of nitrogens with zero attached hydrogens (tertiary/aromatic N) is 2. The van der Waals surface area contributed by atoms with Gasteiger partial charge in [0.1, 0.15) is 0 Å². The molecule has 0 atom stereocenters. The first-order chi connectivity index (χ1) is 12.1. The summed E-state index contributed by atoms with van der Waals surface area (Å²) in [5, 5.41) is 8.92. The third-order valence-electron chi connectivity index (χ3n) is 3.59. The molecule has 25 heavy (non-hydrogen) atoms. The third-order valence-corrected chi connectivity index (χ3v) is 3.59. The number of rotatable bonds is 7. The second kappa shape index (κ2) is 9.04. The van der Waals surface area contributed by atoms with Crippen LogP contribution < -0.4 is 5.73 Å². The van der Waals surface area contributed by atoms with Crippen molar-refractivity contribution in [3.8, 4) is 6.07 Å². The summed E-state index contributed by atoms with van der Waals surface area (Å²) in [6.45, 7) is 0.654. The van der Waals surface area contributed by atoms with Crippen molar-refractivity contribution in [3.63, 3.8) is 0 Å². The second-order valence-electron chi connectivity index (χ2n) is 5.53. The fourth-order valence-electron chi connectivity index (χ4n) is 2.30. The predicted molar refractivity (Wildman–Crippen MR) is 95.9 cm³/mol. The normalized spacial score (nSPS) is 10.4. The monoisotopic (exact) mass is 333 g/mol. The number of nitrogens with two attached hydrogens (primary N) is 1. The van der Waals surface area contributed by atoms with Gasteiger partial charge in [0.2, 0.25) is 11.8 Å². The van der Waals surface area contributed by atoms with E-state index < -0.39 is 5.91 Å². The Morgan fingerprint density at radius 2 is 1.88 bits per heavy atom. The molecular formula is C20H19N3O2. The maximum atomic E-state index is 12.5. The number of hydrogen-bond acceptors (Lipinski definition) is 3. The number of benzene rings is 2. The summed E-state index contributed by atoms with van der Waals surface area (Å²) in [7, 11) is 0. The lowest BCUT2D eigenvalue weighted by molar-refractivity contribution is -0.127. The predicted octanol–water partition coefficient (Wildman–Crippen LogP) is 2.48. The van der Waals surface area contributed by atoms with Gasteiger partial charge < -0.3 is 10.6 Å². The Bertz CT molecular complexity index is 807. The van der Waals surface area contributed by atoms with Crippen LogP contribution in [0, 0.1) is 11.3 Å². The molecule has 2 N–H and O–H groups in total. The summed E-state index contributed by atoms with van der Waals surface area (Å²) in [4.78, 5) is 25.1.